The molecule has 6 aromatic rings. The largest absolute Gasteiger partial charge is 0.493 e. The first-order valence-corrected chi connectivity index (χ1v) is 22.9. The molecule has 4 aliphatic heterocycles. The van der Waals surface area contributed by atoms with E-state index < -0.39 is 64.4 Å². The number of methoxy groups -OCH3 is 2. The highest BCUT2D eigenvalue weighted by molar-refractivity contribution is 6.23. The van der Waals surface area contributed by atoms with Crippen LogP contribution < -0.4 is 19.1 Å². The Bertz CT molecular complexity index is 2970. The number of hydrogen-bond acceptors (Lipinski definition) is 13. The highest BCUT2D eigenvalue weighted by Crippen LogP contribution is 2.66. The second-order valence-corrected chi connectivity index (χ2v) is 17.5. The van der Waals surface area contributed by atoms with E-state index in [1.54, 1.807) is 60.5 Å². The highest BCUT2D eigenvalue weighted by Gasteiger charge is 2.76. The summed E-state index contributed by atoms with van der Waals surface area (Å²) < 4.78 is 29.5. The summed E-state index contributed by atoms with van der Waals surface area (Å²) in [7, 11) is 3.09. The van der Waals surface area contributed by atoms with Crippen LogP contribution in [0.1, 0.15) is 57.1 Å². The smallest absolute Gasteiger partial charge is 0.421 e. The first-order chi connectivity index (χ1) is 34.1. The van der Waals surface area contributed by atoms with E-state index >= 15 is 14.4 Å². The van der Waals surface area contributed by atoms with Crippen molar-refractivity contribution in [3.8, 4) is 17.2 Å². The average molecular weight is 945 g/mol. The van der Waals surface area contributed by atoms with Crippen molar-refractivity contribution in [2.75, 3.05) is 38.9 Å². The number of nitro benzene ring substituents is 1. The molecule has 0 radical (unpaired) electrons. The van der Waals surface area contributed by atoms with Crippen LogP contribution >= 0.6 is 0 Å². The zero-order valence-electron chi connectivity index (χ0n) is 38.2. The molecule has 2 fully saturated rings. The summed E-state index contributed by atoms with van der Waals surface area (Å²) in [5.41, 5.74) is 2.47. The second-order valence-electron chi connectivity index (χ2n) is 17.5. The minimum absolute atomic E-state index is 0.0264. The van der Waals surface area contributed by atoms with E-state index in [-0.39, 0.29) is 44.3 Å². The predicted octanol–water partition coefficient (Wildman–Crippen LogP) is 7.57. The van der Waals surface area contributed by atoms with Crippen molar-refractivity contribution in [2.45, 2.75) is 49.2 Å². The number of ether oxygens (including phenoxy) is 5. The highest BCUT2D eigenvalue weighted by atomic mass is 16.6. The predicted molar refractivity (Wildman–Crippen MR) is 253 cm³/mol. The molecule has 356 valence electrons. The Morgan fingerprint density at radius 1 is 0.786 bits per heavy atom. The average Bonchev–Trinajstić information content (AvgIpc) is 3.86. The van der Waals surface area contributed by atoms with Gasteiger partial charge < -0.3 is 33.7 Å². The maximum absolute atomic E-state index is 16.5. The van der Waals surface area contributed by atoms with Crippen LogP contribution in [0.5, 0.6) is 17.2 Å². The Balaban J connectivity index is 1.19. The van der Waals surface area contributed by atoms with Crippen molar-refractivity contribution in [3.63, 3.8) is 0 Å². The van der Waals surface area contributed by atoms with E-state index in [0.29, 0.717) is 45.9 Å². The fourth-order valence-electron chi connectivity index (χ4n) is 10.9. The van der Waals surface area contributed by atoms with Gasteiger partial charge in [-0.15, -0.1) is 0 Å². The Morgan fingerprint density at radius 3 is 2.09 bits per heavy atom. The fourth-order valence-corrected chi connectivity index (χ4v) is 10.9. The summed E-state index contributed by atoms with van der Waals surface area (Å²) in [5.74, 6) is -2.07. The summed E-state index contributed by atoms with van der Waals surface area (Å²) in [5, 5.41) is 21.0. The molecule has 3 amide bonds. The molecule has 1 N–H and O–H groups in total. The number of nitro groups is 1. The number of carbonyl (C=O) groups is 4. The molecule has 0 bridgehead atoms. The molecule has 10 rings (SSSR count). The molecule has 4 heterocycles. The van der Waals surface area contributed by atoms with E-state index in [1.165, 1.54) is 31.4 Å². The molecule has 0 saturated carbocycles. The maximum atomic E-state index is 16.5. The minimum Gasteiger partial charge on any atom is -0.493 e. The molecule has 6 atom stereocenters. The van der Waals surface area contributed by atoms with Gasteiger partial charge in [0.25, 0.3) is 5.69 Å². The summed E-state index contributed by atoms with van der Waals surface area (Å²) in [4.78, 5) is 78.4. The summed E-state index contributed by atoms with van der Waals surface area (Å²) in [6.45, 7) is -0.206. The number of hydrogen-bond donors (Lipinski definition) is 1. The fraction of sp³-hybridized carbons (Fsp3) is 0.259. The lowest BCUT2D eigenvalue weighted by Crippen LogP contribution is -2.57. The van der Waals surface area contributed by atoms with Crippen molar-refractivity contribution in [2.24, 2.45) is 5.92 Å². The lowest BCUT2D eigenvalue weighted by Gasteiger charge is -2.46. The molecular weight excluding hydrogens is 897 g/mol. The van der Waals surface area contributed by atoms with Gasteiger partial charge in [-0.1, -0.05) is 91.0 Å². The van der Waals surface area contributed by atoms with Crippen molar-refractivity contribution in [1.29, 1.82) is 0 Å². The van der Waals surface area contributed by atoms with Crippen LogP contribution in [0.4, 0.5) is 16.2 Å². The van der Waals surface area contributed by atoms with Gasteiger partial charge in [0.05, 0.1) is 49.4 Å². The number of para-hydroxylation sites is 1. The Labute approximate surface area is 402 Å². The lowest BCUT2D eigenvalue weighted by molar-refractivity contribution is -0.384. The number of anilines is 1. The summed E-state index contributed by atoms with van der Waals surface area (Å²) in [6.07, 6.45) is -1.55. The Hall–Kier alpha value is -8.08. The lowest BCUT2D eigenvalue weighted by atomic mass is 9.65. The number of nitrogens with zero attached hydrogens (tertiary/aromatic N) is 4. The summed E-state index contributed by atoms with van der Waals surface area (Å²) in [6, 6.07) is 38.5. The molecule has 16 heteroatoms. The van der Waals surface area contributed by atoms with Crippen LogP contribution in [0, 0.1) is 16.0 Å². The number of morpholine rings is 1. The van der Waals surface area contributed by atoms with Crippen molar-refractivity contribution >= 4 is 35.3 Å². The second kappa shape index (κ2) is 18.8. The normalized spacial score (nSPS) is 22.4. The van der Waals surface area contributed by atoms with Gasteiger partial charge in [0.2, 0.25) is 11.8 Å². The first-order valence-electron chi connectivity index (χ1n) is 22.9. The molecule has 2 saturated heterocycles. The van der Waals surface area contributed by atoms with Crippen molar-refractivity contribution in [1.82, 2.24) is 9.80 Å². The van der Waals surface area contributed by atoms with Crippen LogP contribution in [0.25, 0.3) is 0 Å². The van der Waals surface area contributed by atoms with E-state index in [4.69, 9.17) is 23.7 Å². The Morgan fingerprint density at radius 2 is 1.43 bits per heavy atom. The van der Waals surface area contributed by atoms with Gasteiger partial charge in [0, 0.05) is 25.2 Å². The number of carbonyl (C=O) groups excluding carboxylic acids is 4. The zero-order valence-corrected chi connectivity index (χ0v) is 38.2. The van der Waals surface area contributed by atoms with Gasteiger partial charge >= 0.3 is 12.1 Å². The minimum atomic E-state index is -2.01. The molecular formula is C54H48N4O12. The maximum Gasteiger partial charge on any atom is 0.421 e. The molecule has 70 heavy (non-hydrogen) atoms. The van der Waals surface area contributed by atoms with E-state index in [9.17, 15) is 20.0 Å². The number of non-ortho nitro benzene ring substituents is 1. The number of aliphatic hydroxyl groups excluding tert-OH is 1. The van der Waals surface area contributed by atoms with Crippen molar-refractivity contribution in [3.05, 3.63) is 195 Å². The molecule has 1 spiro atoms. The first kappa shape index (κ1) is 45.7. The van der Waals surface area contributed by atoms with Gasteiger partial charge in [-0.2, -0.15) is 0 Å². The van der Waals surface area contributed by atoms with E-state index in [2.05, 4.69) is 0 Å². The topological polar surface area (TPSA) is 188 Å². The van der Waals surface area contributed by atoms with Crippen LogP contribution in [0.15, 0.2) is 146 Å². The molecule has 16 nitrogen and oxygen atoms in total. The monoisotopic (exact) mass is 944 g/mol. The van der Waals surface area contributed by atoms with Crippen LogP contribution in [-0.2, 0) is 48.8 Å². The molecule has 0 aliphatic carbocycles. The molecule has 4 aliphatic rings. The number of rotatable bonds is 12. The van der Waals surface area contributed by atoms with Crippen LogP contribution in [0.2, 0.25) is 0 Å². The summed E-state index contributed by atoms with van der Waals surface area (Å²) >= 11 is 0. The third-order valence-electron chi connectivity index (χ3n) is 13.9. The van der Waals surface area contributed by atoms with E-state index in [0.717, 1.165) is 21.6 Å². The third kappa shape index (κ3) is 7.65. The third-order valence-corrected chi connectivity index (χ3v) is 13.9. The van der Waals surface area contributed by atoms with Gasteiger partial charge in [-0.25, -0.2) is 9.69 Å². The molecule has 0 unspecified atom stereocenters. The number of fused-ring (bicyclic) bond motifs is 4. The number of esters is 1. The van der Waals surface area contributed by atoms with Crippen LogP contribution in [0.3, 0.4) is 0 Å². The standard InChI is InChI=1S/C54H48N4O12/c1-66-43-29-37-25-26-55(31-38(37)30-44(43)67-2)50(60)45-47-51(61)70-48(35-13-7-4-8-14-35)46(34-11-5-3-6-12-34)57(47)49(36-19-23-40(24-20-36)68-28-27-59)54(45)41-15-9-10-16-42(41)56(52(54)62)53(63)69-32-33-17-21-39(22-18-33)58(64)65/h3-24,29-30,45-49,59H,25-28,31-32H2,1-2H3/t45-,46-,47-,48+,49+,54-/m1/s1. The molecule has 0 aromatic heterocycles. The number of imide groups is 1. The number of cyclic esters (lactones) is 1. The van der Waals surface area contributed by atoms with Gasteiger partial charge in [-0.05, 0) is 87.8 Å². The van der Waals surface area contributed by atoms with Crippen LogP contribution in [-0.4, -0.2) is 83.7 Å². The van der Waals surface area contributed by atoms with Crippen molar-refractivity contribution < 1.29 is 52.9 Å². The Kier molecular flexibility index (Phi) is 12.3. The SMILES string of the molecule is COc1cc2c(cc1OC)CN(C(=O)[C@H]1[C@@H]3C(=O)O[C@@H](c4ccccc4)[C@@H](c4ccccc4)N3[C@@H](c3ccc(OCCO)cc3)[C@]13C(=O)N(C(=O)OCc1ccc([N+](=O)[O-])cc1)c1ccccc13)CC2. The molecule has 6 aromatic carbocycles. The van der Waals surface area contributed by atoms with Gasteiger partial charge in [-0.3, -0.25) is 29.4 Å². The van der Waals surface area contributed by atoms with Gasteiger partial charge in [0.1, 0.15) is 36.5 Å². The van der Waals surface area contributed by atoms with E-state index in [1.807, 2.05) is 77.7 Å². The number of amides is 3. The number of benzene rings is 6. The number of aliphatic hydroxyl groups is 1. The van der Waals surface area contributed by atoms with Gasteiger partial charge in [0.15, 0.2) is 11.5 Å². The zero-order chi connectivity index (χ0) is 48.7. The quantitative estimate of drug-likeness (QED) is 0.0720.